The zero-order valence-electron chi connectivity index (χ0n) is 59.7. The second kappa shape index (κ2) is 31.9. The number of aliphatic hydroxyl groups excluding tert-OH is 3. The zero-order chi connectivity index (χ0) is 76.4. The molecule has 0 aromatic heterocycles. The Labute approximate surface area is 642 Å². The summed E-state index contributed by atoms with van der Waals surface area (Å²) >= 11 is 0. The second-order valence-corrected chi connectivity index (χ2v) is 38.8. The minimum atomic E-state index is -3.86. The Morgan fingerprint density at radius 1 is 0.216 bits per heavy atom. The maximum atomic E-state index is 15.4. The summed E-state index contributed by atoms with van der Waals surface area (Å²) in [7, 11) is -22.2. The lowest BCUT2D eigenvalue weighted by Crippen LogP contribution is -2.36. The maximum Gasteiger partial charge on any atom is 0.411 e. The van der Waals surface area contributed by atoms with Gasteiger partial charge in [0, 0.05) is 106 Å². The molecule has 12 aromatic carbocycles. The van der Waals surface area contributed by atoms with E-state index < -0.39 is 45.3 Å². The van der Waals surface area contributed by atoms with Crippen molar-refractivity contribution in [1.82, 2.24) is 14.0 Å². The molecule has 0 bridgehead atoms. The molecular formula is C84H75N3O18P6. The van der Waals surface area contributed by atoms with Crippen LogP contribution in [0.25, 0.3) is 66.8 Å². The second-order valence-electron chi connectivity index (χ2n) is 26.2. The van der Waals surface area contributed by atoms with E-state index in [4.69, 9.17) is 40.7 Å². The lowest BCUT2D eigenvalue weighted by atomic mass is 10.0. The minimum Gasteiger partial charge on any atom is -0.429 e. The number of benzene rings is 12. The van der Waals surface area contributed by atoms with Crippen molar-refractivity contribution in [2.75, 3.05) is 78.9 Å². The van der Waals surface area contributed by atoms with Crippen molar-refractivity contribution in [1.29, 1.82) is 0 Å². The van der Waals surface area contributed by atoms with Crippen molar-refractivity contribution in [3.05, 3.63) is 291 Å². The molecule has 12 aromatic rings. The average molecular weight is 1600 g/mol. The van der Waals surface area contributed by atoms with Crippen LogP contribution in [-0.4, -0.2) is 108 Å². The summed E-state index contributed by atoms with van der Waals surface area (Å²) in [5, 5.41) is 31.4. The quantitative estimate of drug-likeness (QED) is 0.0565. The number of nitrogens with zero attached hydrogens (tertiary/aromatic N) is 3. The van der Waals surface area contributed by atoms with Gasteiger partial charge in [0.2, 0.25) is 0 Å². The largest absolute Gasteiger partial charge is 0.429 e. The fourth-order valence-electron chi connectivity index (χ4n) is 14.5. The fourth-order valence-corrected chi connectivity index (χ4v) is 27.2. The van der Waals surface area contributed by atoms with Crippen LogP contribution in [0.2, 0.25) is 0 Å². The first-order valence-corrected chi connectivity index (χ1v) is 45.4. The SMILES string of the molecule is O=P1(N(CCO)CCO)Oc2ccccc2-c2ccccc21.O=P1(OCCN(CCO)P2(=O)Oc3ccccc3-c3ccccc32)Oc2ccccc2-c2ccccc21.O=P1(OCCN(CCOP2(=O)Oc3ccccc3-c3ccccc32)P2(=O)Oc3ccccc3-c3ccccc32)Oc2ccccc2-c2ccccc21. The molecule has 111 heavy (non-hydrogen) atoms. The molecule has 0 saturated heterocycles. The molecule has 0 radical (unpaired) electrons. The Balaban J connectivity index is 0.000000137. The van der Waals surface area contributed by atoms with Crippen molar-refractivity contribution < 1.29 is 83.4 Å². The van der Waals surface area contributed by atoms with Crippen molar-refractivity contribution in [2.45, 2.75) is 0 Å². The standard InChI is InChI=1S/C40H32NO8P3.C28H25NO6P2.C16H18NO4P/c42-50(38-22-10-4-16-32(38)29-13-1-7-19-35(29)47-50)41(25-27-45-51(43)39-23-11-5-17-33(39)30-14-2-8-20-36(30)48-51)26-28-46-52(44)40-24-12-6-18-34(40)31-15-3-9-21-37(31)49-52;30-19-17-29(36(31)27-15-7-3-11-23(27)21-9-1-5-13-25(21)34-36)18-20-33-37(32)28-16-8-4-12-24(28)22-10-2-6-14-26(22)35-37;18-11-9-17(10-12-19)22(20)16-8-4-2-6-14(16)13-5-1-3-7-15(13)21-22/h1-24H,25-28H2;1-16,30H,17-20H2;1-8,18-19H,9-12H2. The van der Waals surface area contributed by atoms with Crippen LogP contribution in [0.4, 0.5) is 0 Å². The van der Waals surface area contributed by atoms with Crippen LogP contribution in [0.5, 0.6) is 34.5 Å². The van der Waals surface area contributed by atoms with E-state index in [1.54, 1.807) is 100 Å². The Morgan fingerprint density at radius 3 is 0.622 bits per heavy atom. The molecular weight excluding hydrogens is 1520 g/mol. The molecule has 21 nitrogen and oxygen atoms in total. The minimum absolute atomic E-state index is 0.0128. The summed E-state index contributed by atoms with van der Waals surface area (Å²) < 4.78 is 146. The lowest BCUT2D eigenvalue weighted by molar-refractivity contribution is 0.209. The maximum absolute atomic E-state index is 15.4. The third-order valence-electron chi connectivity index (χ3n) is 19.6. The van der Waals surface area contributed by atoms with Gasteiger partial charge in [0.15, 0.2) is 0 Å². The van der Waals surface area contributed by atoms with Gasteiger partial charge in [-0.3, -0.25) is 27.3 Å². The Kier molecular flexibility index (Phi) is 21.7. The molecule has 27 heteroatoms. The van der Waals surface area contributed by atoms with Crippen molar-refractivity contribution in [3.63, 3.8) is 0 Å². The third-order valence-corrected chi connectivity index (χ3v) is 33.2. The number of fused-ring (bicyclic) bond motifs is 18. The summed E-state index contributed by atoms with van der Waals surface area (Å²) in [6.07, 6.45) is 0. The topological polar surface area (TPSA) is 256 Å². The van der Waals surface area contributed by atoms with Gasteiger partial charge in [0.1, 0.15) is 34.5 Å². The van der Waals surface area contributed by atoms with Gasteiger partial charge in [0.05, 0.1) is 71.5 Å². The smallest absolute Gasteiger partial charge is 0.411 e. The lowest BCUT2D eigenvalue weighted by Gasteiger charge is -2.36. The fraction of sp³-hybridized carbons (Fsp3) is 0.143. The van der Waals surface area contributed by atoms with Crippen LogP contribution in [0.3, 0.4) is 0 Å². The van der Waals surface area contributed by atoms with E-state index >= 15 is 4.57 Å². The van der Waals surface area contributed by atoms with Crippen LogP contribution < -0.4 is 59.0 Å². The average Bonchev–Trinajstić information content (AvgIpc) is 0.746. The molecule has 0 fully saturated rings. The molecule has 18 rings (SSSR count). The van der Waals surface area contributed by atoms with E-state index in [2.05, 4.69) is 0 Å². The van der Waals surface area contributed by atoms with Gasteiger partial charge in [-0.2, -0.15) is 0 Å². The highest BCUT2D eigenvalue weighted by molar-refractivity contribution is 7.66. The highest BCUT2D eigenvalue weighted by atomic mass is 31.2. The zero-order valence-corrected chi connectivity index (χ0v) is 65.1. The summed E-state index contributed by atoms with van der Waals surface area (Å²) in [5.41, 5.74) is 9.90. The van der Waals surface area contributed by atoms with E-state index in [-0.39, 0.29) is 78.9 Å². The Morgan fingerprint density at radius 2 is 0.387 bits per heavy atom. The van der Waals surface area contributed by atoms with E-state index in [1.165, 1.54) is 4.67 Å². The molecule has 564 valence electrons. The molecule has 6 aliphatic heterocycles. The van der Waals surface area contributed by atoms with E-state index in [9.17, 15) is 38.1 Å². The predicted molar refractivity (Wildman–Crippen MR) is 432 cm³/mol. The normalized spacial score (nSPS) is 21.1. The number of aliphatic hydroxyl groups is 3. The molecule has 0 saturated carbocycles. The van der Waals surface area contributed by atoms with Crippen LogP contribution in [0.1, 0.15) is 0 Å². The molecule has 6 aliphatic rings. The van der Waals surface area contributed by atoms with E-state index in [0.717, 1.165) is 66.8 Å². The van der Waals surface area contributed by atoms with Crippen molar-refractivity contribution in [3.8, 4) is 101 Å². The van der Waals surface area contributed by atoms with Gasteiger partial charge in [-0.15, -0.1) is 0 Å². The monoisotopic (exact) mass is 1600 g/mol. The third kappa shape index (κ3) is 14.4. The Hall–Kier alpha value is -9.54. The molecule has 0 spiro atoms. The Bertz CT molecular complexity index is 5710. The molecule has 6 heterocycles. The van der Waals surface area contributed by atoms with Gasteiger partial charge >= 0.3 is 45.3 Å². The van der Waals surface area contributed by atoms with Gasteiger partial charge in [-0.1, -0.05) is 218 Å². The number of hydrogen-bond acceptors (Lipinski definition) is 18. The van der Waals surface area contributed by atoms with Crippen LogP contribution in [0, 0.1) is 0 Å². The predicted octanol–water partition coefficient (Wildman–Crippen LogP) is 16.4. The van der Waals surface area contributed by atoms with Crippen molar-refractivity contribution in [2.24, 2.45) is 0 Å². The summed E-state index contributed by atoms with van der Waals surface area (Å²) in [6.45, 7) is -0.293. The molecule has 0 amide bonds. The summed E-state index contributed by atoms with van der Waals surface area (Å²) in [6, 6.07) is 88.8. The van der Waals surface area contributed by atoms with Gasteiger partial charge < -0.3 is 42.5 Å². The van der Waals surface area contributed by atoms with Crippen LogP contribution in [0.15, 0.2) is 291 Å². The summed E-state index contributed by atoms with van der Waals surface area (Å²) in [5.74, 6) is 2.96. The molecule has 6 unspecified atom stereocenters. The first-order valence-electron chi connectivity index (χ1n) is 36.0. The first kappa shape index (κ1) is 75.5. The summed E-state index contributed by atoms with van der Waals surface area (Å²) in [4.78, 5) is 0. The van der Waals surface area contributed by atoms with Crippen molar-refractivity contribution >= 4 is 77.2 Å². The van der Waals surface area contributed by atoms with Gasteiger partial charge in [-0.25, -0.2) is 27.7 Å². The highest BCUT2D eigenvalue weighted by Crippen LogP contribution is 2.63. The molecule has 6 atom stereocenters. The number of hydrogen-bond donors (Lipinski definition) is 3. The van der Waals surface area contributed by atoms with Crippen LogP contribution in [-0.2, 0) is 41.0 Å². The highest BCUT2D eigenvalue weighted by Gasteiger charge is 2.47. The van der Waals surface area contributed by atoms with Gasteiger partial charge in [-0.05, 0) is 72.8 Å². The number of para-hydroxylation sites is 6. The number of rotatable bonds is 21. The van der Waals surface area contributed by atoms with E-state index in [1.807, 2.05) is 200 Å². The first-order chi connectivity index (χ1) is 54.1. The molecule has 3 N–H and O–H groups in total. The molecule has 0 aliphatic carbocycles. The van der Waals surface area contributed by atoms with Gasteiger partial charge in [0.25, 0.3) is 0 Å². The van der Waals surface area contributed by atoms with Crippen LogP contribution >= 0.6 is 45.3 Å². The van der Waals surface area contributed by atoms with E-state index in [0.29, 0.717) is 66.3 Å².